The molecule has 0 saturated carbocycles. The van der Waals surface area contributed by atoms with Crippen LogP contribution in [0.5, 0.6) is 0 Å². The molecular weight excluding hydrogens is 592 g/mol. The number of nitrogens with one attached hydrogen (secondary N) is 1. The van der Waals surface area contributed by atoms with Crippen molar-refractivity contribution in [1.29, 1.82) is 0 Å². The number of aromatic nitrogens is 4. The number of aliphatic hydroxyl groups excluding tert-OH is 1. The molecule has 0 aliphatic carbocycles. The number of aliphatic hydroxyl groups is 1. The smallest absolute Gasteiger partial charge is 0.756 e. The molecule has 9 N–H and O–H groups in total. The largest absolute Gasteiger partial charge is 1.00 e. The van der Waals surface area contributed by atoms with Crippen molar-refractivity contribution in [2.24, 2.45) is 0 Å². The summed E-state index contributed by atoms with van der Waals surface area (Å²) in [5.74, 6) is -0.211. The Balaban J connectivity index is -0.00000218. The van der Waals surface area contributed by atoms with E-state index in [4.69, 9.17) is 15.4 Å². The molecule has 0 aromatic carbocycles. The molecule has 190 valence electrons. The van der Waals surface area contributed by atoms with Crippen LogP contribution in [0.1, 0.15) is 12.6 Å². The van der Waals surface area contributed by atoms with Crippen molar-refractivity contribution < 1.29 is 156 Å². The van der Waals surface area contributed by atoms with Crippen molar-refractivity contribution in [3.8, 4) is 0 Å². The number of imidazole rings is 1. The number of H-pyrrole nitrogens is 1. The van der Waals surface area contributed by atoms with Crippen LogP contribution in [0.4, 0.5) is 5.95 Å². The van der Waals surface area contributed by atoms with E-state index >= 15 is 0 Å². The Labute approximate surface area is 267 Å². The summed E-state index contributed by atoms with van der Waals surface area (Å²) in [6, 6.07) is 0. The standard InChI is InChI=1S/C10H16N5O13P3.3Na.2H2O/c11-10-13-8-7(9(17)14-10)12-3-15(8)6-1-4(16)5(26-6)2-25-30(21,22)28-31(23,24)27-29(18,19)20;;;;;/h3-6,16H,1-2H2,(H,21,22)(H,23,24)(H2,18,19,20)(H3,11,13,14,17);;;;2*1H2/q;3*+1;;/p-3/t4-,5+,6+;;;;;/m0...../s1. The summed E-state index contributed by atoms with van der Waals surface area (Å²) in [6.45, 7) is -0.949. The van der Waals surface area contributed by atoms with Crippen molar-refractivity contribution in [3.63, 3.8) is 0 Å². The van der Waals surface area contributed by atoms with Crippen LogP contribution in [0.2, 0.25) is 0 Å². The number of nitrogens with two attached hydrogens (primary N) is 1. The van der Waals surface area contributed by atoms with E-state index in [1.165, 1.54) is 10.9 Å². The van der Waals surface area contributed by atoms with Crippen molar-refractivity contribution in [3.05, 3.63) is 16.7 Å². The van der Waals surface area contributed by atoms with Gasteiger partial charge in [-0.3, -0.25) is 28.0 Å². The number of anilines is 1. The second-order valence-electron chi connectivity index (χ2n) is 6.03. The number of phosphoric ester groups is 1. The molecule has 2 aromatic rings. The first-order valence-electron chi connectivity index (χ1n) is 7.95. The quantitative estimate of drug-likeness (QED) is 0.159. The molecule has 1 fully saturated rings. The Morgan fingerprint density at radius 2 is 1.75 bits per heavy atom. The maximum Gasteiger partial charge on any atom is 1.00 e. The fourth-order valence-corrected chi connectivity index (χ4v) is 5.54. The summed E-state index contributed by atoms with van der Waals surface area (Å²) in [6.07, 6.45) is -2.59. The predicted molar refractivity (Wildman–Crippen MR) is 97.5 cm³/mol. The second kappa shape index (κ2) is 16.0. The minimum atomic E-state index is -6.05. The van der Waals surface area contributed by atoms with E-state index in [1.807, 2.05) is 0 Å². The monoisotopic (exact) mass is 609 g/mol. The maximum atomic E-state index is 11.8. The minimum Gasteiger partial charge on any atom is -0.756 e. The third kappa shape index (κ3) is 11.5. The molecule has 2 aromatic heterocycles. The molecule has 1 aliphatic heterocycles. The van der Waals surface area contributed by atoms with Crippen molar-refractivity contribution in [2.45, 2.75) is 24.9 Å². The molecule has 1 aliphatic rings. The van der Waals surface area contributed by atoms with Crippen LogP contribution in [0.25, 0.3) is 11.2 Å². The average molecular weight is 609 g/mol. The minimum absolute atomic E-state index is 0. The number of nitrogen functional groups attached to an aromatic ring is 1. The summed E-state index contributed by atoms with van der Waals surface area (Å²) in [5.41, 5.74) is 4.80. The molecule has 0 bridgehead atoms. The third-order valence-electron chi connectivity index (χ3n) is 3.77. The zero-order valence-electron chi connectivity index (χ0n) is 18.9. The van der Waals surface area contributed by atoms with Gasteiger partial charge in [-0.25, -0.2) is 13.6 Å². The SMILES string of the molecule is Nc1nc2c(ncn2[C@H]2C[C@H](O)[C@@H](COP(=O)([O-])OP(=O)([O-])OP(=O)([O-])O)O2)c(=O)[nH]1.O.O.[Na+].[Na+].[Na+]. The zero-order valence-corrected chi connectivity index (χ0v) is 27.6. The van der Waals surface area contributed by atoms with Gasteiger partial charge in [-0.1, -0.05) is 0 Å². The van der Waals surface area contributed by atoms with E-state index in [9.17, 15) is 38.3 Å². The van der Waals surface area contributed by atoms with Gasteiger partial charge in [-0.15, -0.1) is 0 Å². The molecule has 36 heavy (non-hydrogen) atoms. The van der Waals surface area contributed by atoms with Gasteiger partial charge in [0.1, 0.15) is 12.3 Å². The predicted octanol–water partition coefficient (Wildman–Crippen LogP) is -13.8. The summed E-state index contributed by atoms with van der Waals surface area (Å²) >= 11 is 0. The first-order valence-corrected chi connectivity index (χ1v) is 12.4. The molecular formula is C10H17N5Na3O15P3. The van der Waals surface area contributed by atoms with Crippen LogP contribution in [0, 0.1) is 0 Å². The number of aromatic amines is 1. The van der Waals surface area contributed by atoms with Crippen molar-refractivity contribution >= 4 is 40.6 Å². The summed E-state index contributed by atoms with van der Waals surface area (Å²) in [7, 11) is -17.6. The van der Waals surface area contributed by atoms with Crippen LogP contribution >= 0.6 is 23.5 Å². The van der Waals surface area contributed by atoms with Gasteiger partial charge in [-0.2, -0.15) is 4.98 Å². The van der Waals surface area contributed by atoms with Crippen LogP contribution < -0.4 is 115 Å². The molecule has 6 atom stereocenters. The maximum absolute atomic E-state index is 11.8. The van der Waals surface area contributed by atoms with Gasteiger partial charge in [0.05, 0.1) is 19.0 Å². The third-order valence-corrected chi connectivity index (χ3v) is 7.46. The Bertz CT molecular complexity index is 1190. The van der Waals surface area contributed by atoms with Crippen molar-refractivity contribution in [2.75, 3.05) is 12.3 Å². The number of hydrogen-bond acceptors (Lipinski definition) is 15. The van der Waals surface area contributed by atoms with Crippen LogP contribution in [-0.4, -0.2) is 59.3 Å². The average Bonchev–Trinajstić information content (AvgIpc) is 3.13. The van der Waals surface area contributed by atoms with Crippen LogP contribution in [0.3, 0.4) is 0 Å². The Morgan fingerprint density at radius 1 is 1.17 bits per heavy atom. The van der Waals surface area contributed by atoms with Gasteiger partial charge < -0.3 is 50.6 Å². The van der Waals surface area contributed by atoms with Crippen molar-refractivity contribution in [1.82, 2.24) is 19.5 Å². The van der Waals surface area contributed by atoms with E-state index in [2.05, 4.69) is 28.1 Å². The molecule has 0 spiro atoms. The van der Waals surface area contributed by atoms with E-state index in [-0.39, 0.29) is 123 Å². The molecule has 0 radical (unpaired) electrons. The Hall–Kier alpha value is 1.40. The van der Waals surface area contributed by atoms with Crippen LogP contribution in [-0.2, 0) is 31.6 Å². The van der Waals surface area contributed by atoms with E-state index < -0.39 is 54.1 Å². The van der Waals surface area contributed by atoms with E-state index in [1.54, 1.807) is 0 Å². The normalized spacial score (nSPS) is 23.8. The molecule has 3 unspecified atom stereocenters. The summed E-state index contributed by atoms with van der Waals surface area (Å²) in [5, 5.41) is 10.1. The number of nitrogens with zero attached hydrogens (tertiary/aromatic N) is 3. The fraction of sp³-hybridized carbons (Fsp3) is 0.500. The summed E-state index contributed by atoms with van der Waals surface area (Å²) < 4.78 is 50.8. The first kappa shape index (κ1) is 41.9. The Kier molecular flexibility index (Phi) is 18.6. The van der Waals surface area contributed by atoms with Gasteiger partial charge in [0.2, 0.25) is 5.95 Å². The Morgan fingerprint density at radius 3 is 2.31 bits per heavy atom. The molecule has 26 heteroatoms. The van der Waals surface area contributed by atoms with E-state index in [0.29, 0.717) is 0 Å². The topological polar surface area (TPSA) is 350 Å². The molecule has 20 nitrogen and oxygen atoms in total. The van der Waals surface area contributed by atoms with Crippen LogP contribution in [0.15, 0.2) is 11.1 Å². The number of fused-ring (bicyclic) bond motifs is 1. The number of rotatable bonds is 8. The second-order valence-corrected chi connectivity index (χ2v) is 10.3. The summed E-state index contributed by atoms with van der Waals surface area (Å²) in [4.78, 5) is 63.3. The molecule has 3 rings (SSSR count). The van der Waals surface area contributed by atoms with E-state index in [0.717, 1.165) is 0 Å². The number of hydrogen-bond donors (Lipinski definition) is 4. The van der Waals surface area contributed by atoms with Gasteiger partial charge in [-0.05, 0) is 0 Å². The van der Waals surface area contributed by atoms with Gasteiger partial charge in [0.15, 0.2) is 11.2 Å². The number of ether oxygens (including phenoxy) is 1. The fourth-order valence-electron chi connectivity index (χ4n) is 2.64. The zero-order chi connectivity index (χ0) is 23.2. The molecule has 0 amide bonds. The van der Waals surface area contributed by atoms with Gasteiger partial charge in [0.25, 0.3) is 29.0 Å². The molecule has 3 heterocycles. The van der Waals surface area contributed by atoms with Gasteiger partial charge >= 0.3 is 88.7 Å². The number of phosphoric acid groups is 3. The first-order chi connectivity index (χ1) is 14.2. The molecule has 1 saturated heterocycles. The van der Waals surface area contributed by atoms with Gasteiger partial charge in [0, 0.05) is 6.42 Å².